The van der Waals surface area contributed by atoms with E-state index in [-0.39, 0.29) is 18.2 Å². The van der Waals surface area contributed by atoms with Crippen molar-refractivity contribution in [2.75, 3.05) is 7.05 Å². The average molecular weight is 319 g/mol. The van der Waals surface area contributed by atoms with E-state index in [4.69, 9.17) is 11.6 Å². The fraction of sp³-hybridized carbons (Fsp3) is 0.600. The van der Waals surface area contributed by atoms with E-state index in [1.165, 1.54) is 31.7 Å². The Kier molecular flexibility index (Phi) is 5.30. The van der Waals surface area contributed by atoms with Crippen LogP contribution >= 0.6 is 24.0 Å². The first kappa shape index (κ1) is 16.0. The molecular formula is C15H21Cl2FN2. The zero-order valence-corrected chi connectivity index (χ0v) is 13.2. The largest absolute Gasteiger partial charge is 0.311 e. The van der Waals surface area contributed by atoms with E-state index in [0.717, 1.165) is 12.1 Å². The molecule has 2 aliphatic heterocycles. The second-order valence-corrected chi connectivity index (χ2v) is 6.39. The number of hydrogen-bond acceptors (Lipinski definition) is 2. The molecule has 1 aromatic rings. The molecule has 20 heavy (non-hydrogen) atoms. The highest BCUT2D eigenvalue weighted by Gasteiger charge is 2.34. The molecule has 0 radical (unpaired) electrons. The Hall–Kier alpha value is -0.350. The number of halogens is 3. The van der Waals surface area contributed by atoms with Gasteiger partial charge in [0.05, 0.1) is 0 Å². The molecule has 2 fully saturated rings. The lowest BCUT2D eigenvalue weighted by molar-refractivity contribution is 0.166. The van der Waals surface area contributed by atoms with Gasteiger partial charge in [0.1, 0.15) is 5.82 Å². The zero-order chi connectivity index (χ0) is 13.4. The highest BCUT2D eigenvalue weighted by molar-refractivity contribution is 6.30. The Bertz CT molecular complexity index is 437. The normalized spacial score (nSPS) is 28.5. The molecular weight excluding hydrogens is 298 g/mol. The molecule has 112 valence electrons. The number of piperidine rings is 1. The SMILES string of the molecule is CN(Cc1cc(F)cc(Cl)c1)C1CC2CCC(C1)N2.Cl. The van der Waals surface area contributed by atoms with Crippen LogP contribution in [0.1, 0.15) is 31.2 Å². The summed E-state index contributed by atoms with van der Waals surface area (Å²) in [6, 6.07) is 6.76. The van der Waals surface area contributed by atoms with Gasteiger partial charge in [0, 0.05) is 29.7 Å². The van der Waals surface area contributed by atoms with Crippen LogP contribution in [0.15, 0.2) is 18.2 Å². The Morgan fingerprint density at radius 2 is 1.90 bits per heavy atom. The third kappa shape index (κ3) is 3.64. The molecule has 2 bridgehead atoms. The summed E-state index contributed by atoms with van der Waals surface area (Å²) in [4.78, 5) is 2.34. The minimum absolute atomic E-state index is 0. The predicted octanol–water partition coefficient (Wildman–Crippen LogP) is 3.62. The molecule has 2 nitrogen and oxygen atoms in total. The zero-order valence-electron chi connectivity index (χ0n) is 11.6. The quantitative estimate of drug-likeness (QED) is 0.915. The van der Waals surface area contributed by atoms with Gasteiger partial charge in [0.25, 0.3) is 0 Å². The van der Waals surface area contributed by atoms with Crippen LogP contribution in [0.4, 0.5) is 4.39 Å². The lowest BCUT2D eigenvalue weighted by atomic mass is 9.98. The van der Waals surface area contributed by atoms with Gasteiger partial charge in [-0.1, -0.05) is 11.6 Å². The molecule has 2 aliphatic rings. The predicted molar refractivity (Wildman–Crippen MR) is 83.1 cm³/mol. The van der Waals surface area contributed by atoms with E-state index in [1.54, 1.807) is 6.07 Å². The van der Waals surface area contributed by atoms with Gasteiger partial charge in [-0.05, 0) is 56.5 Å². The fourth-order valence-corrected chi connectivity index (χ4v) is 3.75. The number of rotatable bonds is 3. The molecule has 2 heterocycles. The van der Waals surface area contributed by atoms with E-state index in [2.05, 4.69) is 17.3 Å². The summed E-state index contributed by atoms with van der Waals surface area (Å²) in [5.41, 5.74) is 0.957. The lowest BCUT2D eigenvalue weighted by Gasteiger charge is -2.35. The van der Waals surface area contributed by atoms with Gasteiger partial charge in [-0.2, -0.15) is 0 Å². The van der Waals surface area contributed by atoms with Crippen molar-refractivity contribution >= 4 is 24.0 Å². The second-order valence-electron chi connectivity index (χ2n) is 5.96. The Morgan fingerprint density at radius 3 is 2.50 bits per heavy atom. The number of hydrogen-bond donors (Lipinski definition) is 1. The van der Waals surface area contributed by atoms with Crippen molar-refractivity contribution in [3.05, 3.63) is 34.6 Å². The maximum absolute atomic E-state index is 13.3. The van der Waals surface area contributed by atoms with Gasteiger partial charge >= 0.3 is 0 Å². The molecule has 5 heteroatoms. The molecule has 1 aromatic carbocycles. The van der Waals surface area contributed by atoms with Crippen molar-refractivity contribution in [2.45, 2.75) is 50.4 Å². The van der Waals surface area contributed by atoms with Gasteiger partial charge in [-0.15, -0.1) is 12.4 Å². The van der Waals surface area contributed by atoms with Crippen LogP contribution in [0.5, 0.6) is 0 Å². The highest BCUT2D eigenvalue weighted by atomic mass is 35.5. The first-order valence-electron chi connectivity index (χ1n) is 7.01. The summed E-state index contributed by atoms with van der Waals surface area (Å²) in [5, 5.41) is 4.13. The van der Waals surface area contributed by atoms with Crippen molar-refractivity contribution in [1.29, 1.82) is 0 Å². The van der Waals surface area contributed by atoms with Gasteiger partial charge in [0.2, 0.25) is 0 Å². The van der Waals surface area contributed by atoms with Crippen LogP contribution in [0.25, 0.3) is 0 Å². The smallest absolute Gasteiger partial charge is 0.125 e. The maximum Gasteiger partial charge on any atom is 0.125 e. The van der Waals surface area contributed by atoms with Gasteiger partial charge < -0.3 is 5.32 Å². The average Bonchev–Trinajstić information content (AvgIpc) is 2.66. The number of benzene rings is 1. The van der Waals surface area contributed by atoms with E-state index in [1.807, 2.05) is 6.07 Å². The van der Waals surface area contributed by atoms with E-state index >= 15 is 0 Å². The first-order valence-corrected chi connectivity index (χ1v) is 7.39. The molecule has 3 rings (SSSR count). The minimum atomic E-state index is -0.249. The van der Waals surface area contributed by atoms with Gasteiger partial charge in [-0.25, -0.2) is 4.39 Å². The summed E-state index contributed by atoms with van der Waals surface area (Å²) in [6.07, 6.45) is 5.02. The van der Waals surface area contributed by atoms with Crippen molar-refractivity contribution < 1.29 is 4.39 Å². The van der Waals surface area contributed by atoms with Gasteiger partial charge in [0.15, 0.2) is 0 Å². The molecule has 2 saturated heterocycles. The lowest BCUT2D eigenvalue weighted by Crippen LogP contribution is -2.46. The molecule has 0 saturated carbocycles. The van der Waals surface area contributed by atoms with Crippen molar-refractivity contribution in [3.8, 4) is 0 Å². The minimum Gasteiger partial charge on any atom is -0.311 e. The molecule has 0 amide bonds. The third-order valence-electron chi connectivity index (χ3n) is 4.43. The number of nitrogens with zero attached hydrogens (tertiary/aromatic N) is 1. The van der Waals surface area contributed by atoms with E-state index in [0.29, 0.717) is 23.1 Å². The summed E-state index contributed by atoms with van der Waals surface area (Å²) < 4.78 is 13.3. The molecule has 2 atom stereocenters. The maximum atomic E-state index is 13.3. The molecule has 0 aromatic heterocycles. The number of nitrogens with one attached hydrogen (secondary N) is 1. The fourth-order valence-electron chi connectivity index (χ4n) is 3.51. The summed E-state index contributed by atoms with van der Waals surface area (Å²) in [6.45, 7) is 0.765. The standard InChI is InChI=1S/C15H20ClFN2.ClH/c1-19(9-10-4-11(16)6-12(17)5-10)15-7-13-2-3-14(8-15)18-13;/h4-6,13-15,18H,2-3,7-9H2,1H3;1H. The van der Waals surface area contributed by atoms with Crippen molar-refractivity contribution in [3.63, 3.8) is 0 Å². The molecule has 0 spiro atoms. The van der Waals surface area contributed by atoms with Crippen molar-refractivity contribution in [2.24, 2.45) is 0 Å². The topological polar surface area (TPSA) is 15.3 Å². The first-order chi connectivity index (χ1) is 9.10. The van der Waals surface area contributed by atoms with Crippen LogP contribution in [0.3, 0.4) is 0 Å². The van der Waals surface area contributed by atoms with E-state index < -0.39 is 0 Å². The highest BCUT2D eigenvalue weighted by Crippen LogP contribution is 2.30. The molecule has 2 unspecified atom stereocenters. The Balaban J connectivity index is 0.00000147. The van der Waals surface area contributed by atoms with Crippen LogP contribution in [0, 0.1) is 5.82 Å². The Labute approximate surface area is 131 Å². The second kappa shape index (κ2) is 6.61. The van der Waals surface area contributed by atoms with Crippen LogP contribution < -0.4 is 5.32 Å². The van der Waals surface area contributed by atoms with Crippen LogP contribution in [-0.2, 0) is 6.54 Å². The summed E-state index contributed by atoms with van der Waals surface area (Å²) in [7, 11) is 2.13. The monoisotopic (exact) mass is 318 g/mol. The summed E-state index contributed by atoms with van der Waals surface area (Å²) in [5.74, 6) is -0.249. The van der Waals surface area contributed by atoms with Crippen LogP contribution in [-0.4, -0.2) is 30.1 Å². The summed E-state index contributed by atoms with van der Waals surface area (Å²) >= 11 is 5.91. The van der Waals surface area contributed by atoms with Gasteiger partial charge in [-0.3, -0.25) is 4.90 Å². The molecule has 1 N–H and O–H groups in total. The molecule has 0 aliphatic carbocycles. The Morgan fingerprint density at radius 1 is 1.25 bits per heavy atom. The third-order valence-corrected chi connectivity index (χ3v) is 4.64. The number of fused-ring (bicyclic) bond motifs is 2. The van der Waals surface area contributed by atoms with Crippen molar-refractivity contribution in [1.82, 2.24) is 10.2 Å². The van der Waals surface area contributed by atoms with Crippen LogP contribution in [0.2, 0.25) is 5.02 Å². The van der Waals surface area contributed by atoms with E-state index in [9.17, 15) is 4.39 Å².